The first-order valence-corrected chi connectivity index (χ1v) is 5.15. The van der Waals surface area contributed by atoms with Crippen molar-refractivity contribution in [2.75, 3.05) is 5.32 Å². The van der Waals surface area contributed by atoms with Crippen molar-refractivity contribution in [1.82, 2.24) is 10.2 Å². The minimum atomic E-state index is -0.632. The predicted molar refractivity (Wildman–Crippen MR) is 63.1 cm³/mol. The van der Waals surface area contributed by atoms with E-state index in [2.05, 4.69) is 15.5 Å². The SMILES string of the molecule is O=C(Nc1ccc(Cl)nn1)Oc1ccccc1. The second-order valence-electron chi connectivity index (χ2n) is 3.07. The summed E-state index contributed by atoms with van der Waals surface area (Å²) in [6.45, 7) is 0. The van der Waals surface area contributed by atoms with Crippen molar-refractivity contribution in [2.24, 2.45) is 0 Å². The van der Waals surface area contributed by atoms with Crippen molar-refractivity contribution in [3.63, 3.8) is 0 Å². The first kappa shape index (κ1) is 11.3. The monoisotopic (exact) mass is 249 g/mol. The van der Waals surface area contributed by atoms with Gasteiger partial charge >= 0.3 is 6.09 Å². The van der Waals surface area contributed by atoms with E-state index in [0.717, 1.165) is 0 Å². The Bertz CT molecular complexity index is 502. The highest BCUT2D eigenvalue weighted by Crippen LogP contribution is 2.10. The Kier molecular flexibility index (Phi) is 3.52. The Labute approximate surface area is 102 Å². The molecule has 0 radical (unpaired) electrons. The first-order chi connectivity index (χ1) is 8.24. The Balaban J connectivity index is 1.96. The average molecular weight is 250 g/mol. The molecule has 2 rings (SSSR count). The van der Waals surface area contributed by atoms with Crippen LogP contribution in [0.1, 0.15) is 0 Å². The normalized spacial score (nSPS) is 9.71. The lowest BCUT2D eigenvalue weighted by Gasteiger charge is -2.04. The van der Waals surface area contributed by atoms with E-state index in [9.17, 15) is 4.79 Å². The second kappa shape index (κ2) is 5.27. The van der Waals surface area contributed by atoms with Crippen LogP contribution in [0.2, 0.25) is 5.15 Å². The molecule has 1 amide bonds. The third-order valence-electron chi connectivity index (χ3n) is 1.82. The molecule has 0 fully saturated rings. The third kappa shape index (κ3) is 3.42. The van der Waals surface area contributed by atoms with Gasteiger partial charge in [0.2, 0.25) is 0 Å². The van der Waals surface area contributed by atoms with Crippen LogP contribution in [0.4, 0.5) is 10.6 Å². The summed E-state index contributed by atoms with van der Waals surface area (Å²) in [6, 6.07) is 11.8. The van der Waals surface area contributed by atoms with Crippen LogP contribution in [0, 0.1) is 0 Å². The van der Waals surface area contributed by atoms with Gasteiger partial charge in [0.25, 0.3) is 0 Å². The van der Waals surface area contributed by atoms with Crippen LogP contribution in [0.5, 0.6) is 5.75 Å². The van der Waals surface area contributed by atoms with Crippen LogP contribution in [-0.2, 0) is 0 Å². The second-order valence-corrected chi connectivity index (χ2v) is 3.46. The standard InChI is InChI=1S/C11H8ClN3O2/c12-9-6-7-10(15-14-9)13-11(16)17-8-4-2-1-3-5-8/h1-7H,(H,13,15,16). The van der Waals surface area contributed by atoms with Gasteiger partial charge in [-0.15, -0.1) is 10.2 Å². The summed E-state index contributed by atoms with van der Waals surface area (Å²) in [5.74, 6) is 0.724. The van der Waals surface area contributed by atoms with Crippen molar-refractivity contribution in [3.8, 4) is 5.75 Å². The van der Waals surface area contributed by atoms with Gasteiger partial charge in [-0.3, -0.25) is 5.32 Å². The van der Waals surface area contributed by atoms with E-state index < -0.39 is 6.09 Å². The highest BCUT2D eigenvalue weighted by Gasteiger charge is 2.05. The molecule has 0 atom stereocenters. The molecule has 1 aromatic carbocycles. The van der Waals surface area contributed by atoms with Crippen LogP contribution >= 0.6 is 11.6 Å². The molecule has 0 spiro atoms. The number of benzene rings is 1. The van der Waals surface area contributed by atoms with Gasteiger partial charge in [-0.25, -0.2) is 4.79 Å². The fourth-order valence-corrected chi connectivity index (χ4v) is 1.21. The lowest BCUT2D eigenvalue weighted by Crippen LogP contribution is -2.17. The molecule has 1 aromatic heterocycles. The van der Waals surface area contributed by atoms with Gasteiger partial charge < -0.3 is 4.74 Å². The molecular formula is C11H8ClN3O2. The van der Waals surface area contributed by atoms with Crippen LogP contribution in [0.3, 0.4) is 0 Å². The van der Waals surface area contributed by atoms with E-state index in [4.69, 9.17) is 16.3 Å². The Morgan fingerprint density at radius 1 is 1.12 bits per heavy atom. The molecule has 17 heavy (non-hydrogen) atoms. The smallest absolute Gasteiger partial charge is 0.410 e. The zero-order valence-electron chi connectivity index (χ0n) is 8.63. The molecule has 1 N–H and O–H groups in total. The molecule has 0 aliphatic heterocycles. The van der Waals surface area contributed by atoms with Crippen molar-refractivity contribution in [1.29, 1.82) is 0 Å². The van der Waals surface area contributed by atoms with Crippen molar-refractivity contribution in [3.05, 3.63) is 47.6 Å². The Morgan fingerprint density at radius 2 is 1.88 bits per heavy atom. The lowest BCUT2D eigenvalue weighted by atomic mass is 10.3. The summed E-state index contributed by atoms with van der Waals surface area (Å²) in [4.78, 5) is 11.4. The Morgan fingerprint density at radius 3 is 2.53 bits per heavy atom. The number of carbonyl (C=O) groups is 1. The summed E-state index contributed by atoms with van der Waals surface area (Å²) in [5, 5.41) is 9.93. The van der Waals surface area contributed by atoms with Crippen LogP contribution in [0.15, 0.2) is 42.5 Å². The number of halogens is 1. The number of anilines is 1. The molecule has 0 saturated heterocycles. The summed E-state index contributed by atoms with van der Waals surface area (Å²) in [5.41, 5.74) is 0. The number of ether oxygens (including phenoxy) is 1. The third-order valence-corrected chi connectivity index (χ3v) is 2.02. The van der Waals surface area contributed by atoms with E-state index in [1.54, 1.807) is 24.3 Å². The molecule has 0 unspecified atom stereocenters. The number of nitrogens with zero attached hydrogens (tertiary/aromatic N) is 2. The quantitative estimate of drug-likeness (QED) is 0.889. The molecule has 2 aromatic rings. The fraction of sp³-hybridized carbons (Fsp3) is 0. The molecule has 6 heteroatoms. The number of para-hydroxylation sites is 1. The van der Waals surface area contributed by atoms with E-state index in [1.165, 1.54) is 12.1 Å². The largest absolute Gasteiger partial charge is 0.418 e. The van der Waals surface area contributed by atoms with E-state index in [0.29, 0.717) is 5.75 Å². The summed E-state index contributed by atoms with van der Waals surface area (Å²) in [7, 11) is 0. The molecule has 0 aliphatic carbocycles. The number of nitrogens with one attached hydrogen (secondary N) is 1. The van der Waals surface area contributed by atoms with E-state index >= 15 is 0 Å². The zero-order valence-corrected chi connectivity index (χ0v) is 9.39. The van der Waals surface area contributed by atoms with Gasteiger partial charge in [-0.05, 0) is 24.3 Å². The molecule has 0 aliphatic rings. The van der Waals surface area contributed by atoms with E-state index in [-0.39, 0.29) is 11.0 Å². The van der Waals surface area contributed by atoms with Crippen LogP contribution in [0.25, 0.3) is 0 Å². The van der Waals surface area contributed by atoms with Gasteiger partial charge in [0.15, 0.2) is 11.0 Å². The molecule has 5 nitrogen and oxygen atoms in total. The molecule has 1 heterocycles. The topological polar surface area (TPSA) is 64.1 Å². The summed E-state index contributed by atoms with van der Waals surface area (Å²) >= 11 is 5.56. The first-order valence-electron chi connectivity index (χ1n) is 4.77. The number of aromatic nitrogens is 2. The molecule has 0 bridgehead atoms. The maximum absolute atomic E-state index is 11.4. The van der Waals surface area contributed by atoms with Crippen LogP contribution in [-0.4, -0.2) is 16.3 Å². The highest BCUT2D eigenvalue weighted by molar-refractivity contribution is 6.29. The minimum Gasteiger partial charge on any atom is -0.410 e. The number of amides is 1. The van der Waals surface area contributed by atoms with Gasteiger partial charge in [0.05, 0.1) is 0 Å². The maximum atomic E-state index is 11.4. The van der Waals surface area contributed by atoms with Crippen LogP contribution < -0.4 is 10.1 Å². The van der Waals surface area contributed by atoms with Gasteiger partial charge in [0, 0.05) is 0 Å². The van der Waals surface area contributed by atoms with Gasteiger partial charge in [-0.1, -0.05) is 29.8 Å². The minimum absolute atomic E-state index is 0.256. The number of rotatable bonds is 2. The number of hydrogen-bond acceptors (Lipinski definition) is 4. The predicted octanol–water partition coefficient (Wildman–Crippen LogP) is 2.74. The number of hydrogen-bond donors (Lipinski definition) is 1. The number of carbonyl (C=O) groups excluding carboxylic acids is 1. The summed E-state index contributed by atoms with van der Waals surface area (Å²) < 4.78 is 5.00. The van der Waals surface area contributed by atoms with Crippen molar-refractivity contribution < 1.29 is 9.53 Å². The van der Waals surface area contributed by atoms with Gasteiger partial charge in [-0.2, -0.15) is 0 Å². The summed E-state index contributed by atoms with van der Waals surface area (Å²) in [6.07, 6.45) is -0.632. The maximum Gasteiger partial charge on any atom is 0.418 e. The lowest BCUT2D eigenvalue weighted by molar-refractivity contribution is 0.215. The Hall–Kier alpha value is -2.14. The van der Waals surface area contributed by atoms with Crippen molar-refractivity contribution in [2.45, 2.75) is 0 Å². The average Bonchev–Trinajstić information content (AvgIpc) is 2.33. The zero-order chi connectivity index (χ0) is 12.1. The van der Waals surface area contributed by atoms with Gasteiger partial charge in [0.1, 0.15) is 5.75 Å². The fourth-order valence-electron chi connectivity index (χ4n) is 1.11. The molecular weight excluding hydrogens is 242 g/mol. The molecule has 86 valence electrons. The molecule has 0 saturated carbocycles. The van der Waals surface area contributed by atoms with Crippen molar-refractivity contribution >= 4 is 23.5 Å². The highest BCUT2D eigenvalue weighted by atomic mass is 35.5. The van der Waals surface area contributed by atoms with E-state index in [1.807, 2.05) is 6.07 Å².